The van der Waals surface area contributed by atoms with E-state index in [1.54, 1.807) is 12.1 Å². The van der Waals surface area contributed by atoms with E-state index in [9.17, 15) is 8.42 Å². The highest BCUT2D eigenvalue weighted by Crippen LogP contribution is 2.30. The van der Waals surface area contributed by atoms with Crippen molar-refractivity contribution in [2.75, 3.05) is 13.1 Å². The largest absolute Gasteiger partial charge is 0.244 e. The Morgan fingerprint density at radius 3 is 2.12 bits per heavy atom. The Labute approximate surface area is 120 Å². The summed E-state index contributed by atoms with van der Waals surface area (Å²) in [4.78, 5) is 0.304. The molecule has 17 heavy (non-hydrogen) atoms. The lowest BCUT2D eigenvalue weighted by Gasteiger charge is -2.19. The number of hydrogen-bond acceptors (Lipinski definition) is 2. The Morgan fingerprint density at radius 1 is 1.12 bits per heavy atom. The summed E-state index contributed by atoms with van der Waals surface area (Å²) < 4.78 is 27.5. The molecule has 1 aromatic carbocycles. The molecular weight excluding hydrogens is 370 g/mol. The highest BCUT2D eigenvalue weighted by Gasteiger charge is 2.24. The smallest absolute Gasteiger partial charge is 0.207 e. The van der Waals surface area contributed by atoms with Gasteiger partial charge in [0.2, 0.25) is 10.0 Å². The van der Waals surface area contributed by atoms with Crippen molar-refractivity contribution in [2.24, 2.45) is 0 Å². The van der Waals surface area contributed by atoms with E-state index in [-0.39, 0.29) is 0 Å². The molecule has 0 fully saturated rings. The van der Waals surface area contributed by atoms with Gasteiger partial charge in [0.1, 0.15) is 0 Å². The van der Waals surface area contributed by atoms with Crippen molar-refractivity contribution in [3.05, 3.63) is 26.6 Å². The van der Waals surface area contributed by atoms with Crippen molar-refractivity contribution in [2.45, 2.75) is 25.7 Å². The van der Waals surface area contributed by atoms with E-state index >= 15 is 0 Å². The third-order valence-corrected chi connectivity index (χ3v) is 6.40. The molecule has 1 rings (SSSR count). The lowest BCUT2D eigenvalue weighted by Crippen LogP contribution is -2.30. The van der Waals surface area contributed by atoms with E-state index in [1.165, 1.54) is 4.31 Å². The van der Waals surface area contributed by atoms with Crippen molar-refractivity contribution in [3.8, 4) is 0 Å². The molecule has 0 saturated heterocycles. The van der Waals surface area contributed by atoms with E-state index in [0.717, 1.165) is 10.0 Å². The first-order chi connectivity index (χ1) is 7.84. The average molecular weight is 385 g/mol. The SMILES string of the molecule is CCN(CC)S(=O)(=O)c1cc(Br)c(C)cc1Br. The number of benzene rings is 1. The molecule has 0 unspecified atom stereocenters. The van der Waals surface area contributed by atoms with Crippen LogP contribution in [0.1, 0.15) is 19.4 Å². The van der Waals surface area contributed by atoms with Crippen LogP contribution >= 0.6 is 31.9 Å². The number of halogens is 2. The molecule has 0 spiro atoms. The summed E-state index contributed by atoms with van der Waals surface area (Å²) in [7, 11) is -3.41. The zero-order valence-electron chi connectivity index (χ0n) is 10.00. The van der Waals surface area contributed by atoms with Gasteiger partial charge in [-0.1, -0.05) is 29.8 Å². The predicted octanol–water partition coefficient (Wildman–Crippen LogP) is 3.55. The van der Waals surface area contributed by atoms with Gasteiger partial charge in [-0.25, -0.2) is 8.42 Å². The maximum Gasteiger partial charge on any atom is 0.244 e. The number of sulfonamides is 1. The van der Waals surface area contributed by atoms with Crippen LogP contribution in [-0.2, 0) is 10.0 Å². The van der Waals surface area contributed by atoms with Gasteiger partial charge in [0, 0.05) is 22.0 Å². The van der Waals surface area contributed by atoms with Gasteiger partial charge < -0.3 is 0 Å². The minimum atomic E-state index is -3.41. The molecule has 0 aliphatic carbocycles. The van der Waals surface area contributed by atoms with E-state index in [2.05, 4.69) is 31.9 Å². The summed E-state index contributed by atoms with van der Waals surface area (Å²) >= 11 is 6.68. The first kappa shape index (κ1) is 15.1. The summed E-state index contributed by atoms with van der Waals surface area (Å²) in [6.45, 7) is 6.52. The molecule has 3 nitrogen and oxygen atoms in total. The molecule has 0 aliphatic rings. The molecule has 0 radical (unpaired) electrons. The molecule has 0 saturated carbocycles. The summed E-state index contributed by atoms with van der Waals surface area (Å²) in [5, 5.41) is 0. The van der Waals surface area contributed by atoms with Crippen LogP contribution in [0.15, 0.2) is 26.0 Å². The van der Waals surface area contributed by atoms with Crippen LogP contribution < -0.4 is 0 Å². The Balaban J connectivity index is 3.38. The fourth-order valence-electron chi connectivity index (χ4n) is 1.53. The van der Waals surface area contributed by atoms with Crippen molar-refractivity contribution in [1.82, 2.24) is 4.31 Å². The lowest BCUT2D eigenvalue weighted by atomic mass is 10.2. The Kier molecular flexibility index (Phi) is 5.19. The van der Waals surface area contributed by atoms with Gasteiger partial charge in [-0.05, 0) is 40.5 Å². The second kappa shape index (κ2) is 5.82. The summed E-state index contributed by atoms with van der Waals surface area (Å²) in [6.07, 6.45) is 0. The molecule has 6 heteroatoms. The monoisotopic (exact) mass is 383 g/mol. The van der Waals surface area contributed by atoms with Gasteiger partial charge in [0.05, 0.1) is 4.90 Å². The molecule has 0 atom stereocenters. The maximum absolute atomic E-state index is 12.4. The molecule has 1 aromatic rings. The topological polar surface area (TPSA) is 37.4 Å². The van der Waals surface area contributed by atoms with Gasteiger partial charge in [0.25, 0.3) is 0 Å². The first-order valence-electron chi connectivity index (χ1n) is 5.30. The fourth-order valence-corrected chi connectivity index (χ4v) is 4.62. The minimum absolute atomic E-state index is 0.304. The molecule has 0 aromatic heterocycles. The number of nitrogens with zero attached hydrogens (tertiary/aromatic N) is 1. The highest BCUT2D eigenvalue weighted by atomic mass is 79.9. The van der Waals surface area contributed by atoms with E-state index in [4.69, 9.17) is 0 Å². The number of rotatable bonds is 4. The summed E-state index contributed by atoms with van der Waals surface area (Å²) in [5.41, 5.74) is 0.996. The van der Waals surface area contributed by atoms with E-state index < -0.39 is 10.0 Å². The van der Waals surface area contributed by atoms with E-state index in [0.29, 0.717) is 22.5 Å². The molecule has 96 valence electrons. The Hall–Kier alpha value is 0.0900. The molecule has 0 aliphatic heterocycles. The Bertz CT molecular complexity index is 510. The summed E-state index contributed by atoms with van der Waals surface area (Å²) in [5.74, 6) is 0. The van der Waals surface area contributed by atoms with Crippen LogP contribution in [0.3, 0.4) is 0 Å². The van der Waals surface area contributed by atoms with Crippen LogP contribution in [-0.4, -0.2) is 25.8 Å². The molecule has 0 bridgehead atoms. The van der Waals surface area contributed by atoms with Crippen LogP contribution in [0.25, 0.3) is 0 Å². The number of aryl methyl sites for hydroxylation is 1. The highest BCUT2D eigenvalue weighted by molar-refractivity contribution is 9.11. The minimum Gasteiger partial charge on any atom is -0.207 e. The second-order valence-corrected chi connectivity index (χ2v) is 7.24. The fraction of sp³-hybridized carbons (Fsp3) is 0.455. The van der Waals surface area contributed by atoms with Crippen molar-refractivity contribution < 1.29 is 8.42 Å². The van der Waals surface area contributed by atoms with Crippen LogP contribution in [0.5, 0.6) is 0 Å². The van der Waals surface area contributed by atoms with Crippen molar-refractivity contribution in [1.29, 1.82) is 0 Å². The van der Waals surface area contributed by atoms with Gasteiger partial charge in [0.15, 0.2) is 0 Å². The van der Waals surface area contributed by atoms with Crippen molar-refractivity contribution >= 4 is 41.9 Å². The van der Waals surface area contributed by atoms with Gasteiger partial charge in [-0.2, -0.15) is 4.31 Å². The Morgan fingerprint density at radius 2 is 1.65 bits per heavy atom. The second-order valence-electron chi connectivity index (χ2n) is 3.62. The average Bonchev–Trinajstić information content (AvgIpc) is 2.24. The third kappa shape index (κ3) is 3.10. The zero-order valence-corrected chi connectivity index (χ0v) is 14.0. The zero-order chi connectivity index (χ0) is 13.2. The lowest BCUT2D eigenvalue weighted by molar-refractivity contribution is 0.445. The normalized spacial score (nSPS) is 12.1. The van der Waals surface area contributed by atoms with Crippen molar-refractivity contribution in [3.63, 3.8) is 0 Å². The quantitative estimate of drug-likeness (QED) is 0.795. The predicted molar refractivity (Wildman–Crippen MR) is 76.7 cm³/mol. The van der Waals surface area contributed by atoms with E-state index in [1.807, 2.05) is 20.8 Å². The van der Waals surface area contributed by atoms with Gasteiger partial charge in [-0.3, -0.25) is 0 Å². The standard InChI is InChI=1S/C11H15Br2NO2S/c1-4-14(5-2)17(15,16)11-7-9(12)8(3)6-10(11)13/h6-7H,4-5H2,1-3H3. The third-order valence-electron chi connectivity index (χ3n) is 2.54. The molecule has 0 amide bonds. The molecule has 0 heterocycles. The molecular formula is C11H15Br2NO2S. The van der Waals surface area contributed by atoms with Crippen LogP contribution in [0.2, 0.25) is 0 Å². The number of hydrogen-bond donors (Lipinski definition) is 0. The molecule has 0 N–H and O–H groups in total. The van der Waals surface area contributed by atoms with Gasteiger partial charge in [-0.15, -0.1) is 0 Å². The van der Waals surface area contributed by atoms with Crippen LogP contribution in [0, 0.1) is 6.92 Å². The van der Waals surface area contributed by atoms with Gasteiger partial charge >= 0.3 is 0 Å². The van der Waals surface area contributed by atoms with Crippen LogP contribution in [0.4, 0.5) is 0 Å². The first-order valence-corrected chi connectivity index (χ1v) is 8.33. The maximum atomic E-state index is 12.4. The summed E-state index contributed by atoms with van der Waals surface area (Å²) in [6, 6.07) is 3.45.